The van der Waals surface area contributed by atoms with Crippen LogP contribution in [0.3, 0.4) is 0 Å². The van der Waals surface area contributed by atoms with Crippen molar-refractivity contribution in [1.29, 1.82) is 0 Å². The standard InChI is InChI=1S/C17H23N5O3/c1-10-6-4-5-7-13(10)19-14(23)9-25-16(24)15-20-17-18-11(2)8-12(3)22(17)21-15/h8,10,13H,4-7,9H2,1-3H3,(H,19,23)/t10-,13-/m0/s1. The molecule has 2 aromatic heterocycles. The highest BCUT2D eigenvalue weighted by Gasteiger charge is 2.24. The summed E-state index contributed by atoms with van der Waals surface area (Å²) < 4.78 is 6.53. The van der Waals surface area contributed by atoms with Crippen LogP contribution in [0.4, 0.5) is 0 Å². The minimum Gasteiger partial charge on any atom is -0.450 e. The Morgan fingerprint density at radius 1 is 1.28 bits per heavy atom. The Bertz CT molecular complexity index is 801. The number of fused-ring (bicyclic) bond motifs is 1. The molecule has 25 heavy (non-hydrogen) atoms. The van der Waals surface area contributed by atoms with Gasteiger partial charge in [-0.25, -0.2) is 14.3 Å². The molecule has 0 aliphatic heterocycles. The van der Waals surface area contributed by atoms with Gasteiger partial charge < -0.3 is 10.1 Å². The van der Waals surface area contributed by atoms with E-state index in [-0.39, 0.29) is 24.4 Å². The van der Waals surface area contributed by atoms with Gasteiger partial charge in [0.05, 0.1) is 0 Å². The van der Waals surface area contributed by atoms with Gasteiger partial charge in [-0.05, 0) is 38.7 Å². The van der Waals surface area contributed by atoms with Crippen molar-refractivity contribution in [3.63, 3.8) is 0 Å². The van der Waals surface area contributed by atoms with Crippen LogP contribution in [0.2, 0.25) is 0 Å². The zero-order chi connectivity index (χ0) is 18.0. The third-order valence-electron chi connectivity index (χ3n) is 4.59. The van der Waals surface area contributed by atoms with Gasteiger partial charge in [-0.3, -0.25) is 4.79 Å². The molecule has 2 heterocycles. The molecule has 2 aromatic rings. The first kappa shape index (κ1) is 17.3. The van der Waals surface area contributed by atoms with Gasteiger partial charge in [-0.2, -0.15) is 4.98 Å². The Balaban J connectivity index is 1.59. The molecule has 0 aromatic carbocycles. The summed E-state index contributed by atoms with van der Waals surface area (Å²) in [4.78, 5) is 32.4. The van der Waals surface area contributed by atoms with Crippen LogP contribution in [0.15, 0.2) is 6.07 Å². The van der Waals surface area contributed by atoms with E-state index in [9.17, 15) is 9.59 Å². The van der Waals surface area contributed by atoms with Crippen molar-refractivity contribution < 1.29 is 14.3 Å². The second kappa shape index (κ2) is 7.16. The quantitative estimate of drug-likeness (QED) is 0.845. The minimum atomic E-state index is -0.727. The van der Waals surface area contributed by atoms with E-state index in [0.717, 1.165) is 30.7 Å². The van der Waals surface area contributed by atoms with Crippen molar-refractivity contribution in [2.45, 2.75) is 52.5 Å². The maximum atomic E-state index is 12.1. The lowest BCUT2D eigenvalue weighted by Gasteiger charge is -2.29. The maximum absolute atomic E-state index is 12.1. The Morgan fingerprint density at radius 3 is 2.80 bits per heavy atom. The molecule has 1 saturated carbocycles. The first-order valence-electron chi connectivity index (χ1n) is 8.61. The average molecular weight is 345 g/mol. The number of rotatable bonds is 4. The highest BCUT2D eigenvalue weighted by atomic mass is 16.5. The molecular formula is C17H23N5O3. The van der Waals surface area contributed by atoms with Gasteiger partial charge in [0, 0.05) is 17.4 Å². The number of amides is 1. The number of nitrogens with one attached hydrogen (secondary N) is 1. The molecule has 1 N–H and O–H groups in total. The molecule has 0 bridgehead atoms. The Labute approximate surface area is 146 Å². The molecule has 1 aliphatic rings. The first-order chi connectivity index (χ1) is 11.9. The van der Waals surface area contributed by atoms with Crippen LogP contribution in [0.25, 0.3) is 5.78 Å². The molecule has 0 spiro atoms. The summed E-state index contributed by atoms with van der Waals surface area (Å²) in [5.74, 6) is -0.328. The predicted octanol–water partition coefficient (Wildman–Crippen LogP) is 1.59. The number of hydrogen-bond acceptors (Lipinski definition) is 6. The van der Waals surface area contributed by atoms with Gasteiger partial charge >= 0.3 is 5.97 Å². The first-order valence-corrected chi connectivity index (χ1v) is 8.61. The molecule has 0 radical (unpaired) electrons. The molecule has 8 nitrogen and oxygen atoms in total. The number of nitrogens with zero attached hydrogens (tertiary/aromatic N) is 4. The van der Waals surface area contributed by atoms with Gasteiger partial charge in [0.1, 0.15) is 0 Å². The summed E-state index contributed by atoms with van der Waals surface area (Å²) in [6.07, 6.45) is 4.40. The third kappa shape index (κ3) is 3.94. The molecule has 1 amide bonds. The highest BCUT2D eigenvalue weighted by molar-refractivity contribution is 5.88. The van der Waals surface area contributed by atoms with Crippen molar-refractivity contribution >= 4 is 17.7 Å². The lowest BCUT2D eigenvalue weighted by atomic mass is 9.86. The summed E-state index contributed by atoms with van der Waals surface area (Å²) in [6.45, 7) is 5.50. The molecule has 0 saturated heterocycles. The van der Waals surface area contributed by atoms with E-state index >= 15 is 0 Å². The second-order valence-corrected chi connectivity index (χ2v) is 6.70. The Morgan fingerprint density at radius 2 is 2.04 bits per heavy atom. The van der Waals surface area contributed by atoms with Crippen molar-refractivity contribution in [1.82, 2.24) is 24.9 Å². The van der Waals surface area contributed by atoms with Crippen molar-refractivity contribution in [2.75, 3.05) is 6.61 Å². The molecule has 1 aliphatic carbocycles. The Kier molecular flexibility index (Phi) is 4.96. The van der Waals surface area contributed by atoms with Crippen LogP contribution in [0.1, 0.15) is 54.6 Å². The fourth-order valence-electron chi connectivity index (χ4n) is 3.23. The summed E-state index contributed by atoms with van der Waals surface area (Å²) >= 11 is 0. The van der Waals surface area contributed by atoms with Crippen LogP contribution >= 0.6 is 0 Å². The van der Waals surface area contributed by atoms with Crippen LogP contribution in [0.5, 0.6) is 0 Å². The number of hydrogen-bond donors (Lipinski definition) is 1. The number of aromatic nitrogens is 4. The molecule has 1 fully saturated rings. The number of ether oxygens (including phenoxy) is 1. The van der Waals surface area contributed by atoms with E-state index in [0.29, 0.717) is 11.7 Å². The van der Waals surface area contributed by atoms with E-state index in [1.54, 1.807) is 0 Å². The minimum absolute atomic E-state index is 0.0972. The van der Waals surface area contributed by atoms with E-state index in [1.165, 1.54) is 10.9 Å². The van der Waals surface area contributed by atoms with Crippen molar-refractivity contribution in [2.24, 2.45) is 5.92 Å². The third-order valence-corrected chi connectivity index (χ3v) is 4.59. The topological polar surface area (TPSA) is 98.5 Å². The van der Waals surface area contributed by atoms with E-state index < -0.39 is 5.97 Å². The van der Waals surface area contributed by atoms with Gasteiger partial charge in [-0.1, -0.05) is 19.8 Å². The largest absolute Gasteiger partial charge is 0.450 e. The summed E-state index contributed by atoms with van der Waals surface area (Å²) in [7, 11) is 0. The van der Waals surface area contributed by atoms with Gasteiger partial charge in [0.2, 0.25) is 0 Å². The van der Waals surface area contributed by atoms with Crippen LogP contribution in [-0.2, 0) is 9.53 Å². The van der Waals surface area contributed by atoms with E-state index in [4.69, 9.17) is 4.74 Å². The lowest BCUT2D eigenvalue weighted by Crippen LogP contribution is -2.42. The normalized spacial score (nSPS) is 20.4. The zero-order valence-corrected chi connectivity index (χ0v) is 14.8. The zero-order valence-electron chi connectivity index (χ0n) is 14.8. The van der Waals surface area contributed by atoms with Crippen molar-refractivity contribution in [3.8, 4) is 0 Å². The number of aryl methyl sites for hydroxylation is 2. The molecule has 3 rings (SSSR count). The number of carbonyl (C=O) groups is 2. The fraction of sp³-hybridized carbons (Fsp3) is 0.588. The molecule has 0 unspecified atom stereocenters. The number of esters is 1. The smallest absolute Gasteiger partial charge is 0.378 e. The molecular weight excluding hydrogens is 322 g/mol. The number of carbonyl (C=O) groups excluding carboxylic acids is 2. The van der Waals surface area contributed by atoms with Gasteiger partial charge in [0.15, 0.2) is 6.61 Å². The second-order valence-electron chi connectivity index (χ2n) is 6.70. The predicted molar refractivity (Wildman–Crippen MR) is 90.1 cm³/mol. The molecule has 2 atom stereocenters. The average Bonchev–Trinajstić information content (AvgIpc) is 2.99. The van der Waals surface area contributed by atoms with Gasteiger partial charge in [0.25, 0.3) is 17.5 Å². The van der Waals surface area contributed by atoms with Crippen LogP contribution in [0, 0.1) is 19.8 Å². The Hall–Kier alpha value is -2.51. The molecule has 8 heteroatoms. The highest BCUT2D eigenvalue weighted by Crippen LogP contribution is 2.23. The van der Waals surface area contributed by atoms with Gasteiger partial charge in [-0.15, -0.1) is 5.10 Å². The monoisotopic (exact) mass is 345 g/mol. The van der Waals surface area contributed by atoms with Crippen LogP contribution in [-0.4, -0.2) is 44.1 Å². The SMILES string of the molecule is Cc1cc(C)n2nc(C(=O)OCC(=O)N[C@H]3CCCC[C@@H]3C)nc2n1. The molecule has 134 valence electrons. The van der Waals surface area contributed by atoms with E-state index in [2.05, 4.69) is 27.3 Å². The van der Waals surface area contributed by atoms with E-state index in [1.807, 2.05) is 19.9 Å². The summed E-state index contributed by atoms with van der Waals surface area (Å²) in [6, 6.07) is 2.00. The summed E-state index contributed by atoms with van der Waals surface area (Å²) in [5, 5.41) is 7.04. The van der Waals surface area contributed by atoms with Crippen molar-refractivity contribution in [3.05, 3.63) is 23.3 Å². The fourth-order valence-corrected chi connectivity index (χ4v) is 3.23. The lowest BCUT2D eigenvalue weighted by molar-refractivity contribution is -0.125. The summed E-state index contributed by atoms with van der Waals surface area (Å²) in [5.41, 5.74) is 1.61. The maximum Gasteiger partial charge on any atom is 0.378 e. The van der Waals surface area contributed by atoms with Crippen LogP contribution < -0.4 is 5.32 Å².